The summed E-state index contributed by atoms with van der Waals surface area (Å²) in [5.74, 6) is 0.323. The van der Waals surface area contributed by atoms with Crippen molar-refractivity contribution in [2.75, 3.05) is 13.1 Å². The van der Waals surface area contributed by atoms with Gasteiger partial charge in [0.05, 0.1) is 11.6 Å². The molecule has 6 nitrogen and oxygen atoms in total. The van der Waals surface area contributed by atoms with E-state index in [-0.39, 0.29) is 24.8 Å². The molecule has 6 heteroatoms. The van der Waals surface area contributed by atoms with Crippen LogP contribution in [0.4, 0.5) is 0 Å². The molecular weight excluding hydrogens is 344 g/mol. The highest BCUT2D eigenvalue weighted by Crippen LogP contribution is 2.38. The molecule has 0 saturated carbocycles. The zero-order valence-electron chi connectivity index (χ0n) is 16.1. The molecule has 3 rings (SSSR count). The molecule has 1 N–H and O–H groups in total. The van der Waals surface area contributed by atoms with E-state index in [9.17, 15) is 14.7 Å². The normalized spacial score (nSPS) is 19.6. The topological polar surface area (TPSA) is 83.6 Å². The zero-order chi connectivity index (χ0) is 19.6. The highest BCUT2D eigenvalue weighted by molar-refractivity contribution is 5.81. The van der Waals surface area contributed by atoms with E-state index in [1.54, 1.807) is 11.1 Å². The summed E-state index contributed by atoms with van der Waals surface area (Å²) in [6.07, 6.45) is 2.85. The average Bonchev–Trinajstić information content (AvgIpc) is 3.28. The van der Waals surface area contributed by atoms with Crippen molar-refractivity contribution in [2.24, 2.45) is 11.3 Å². The van der Waals surface area contributed by atoms with Crippen LogP contribution in [0, 0.1) is 18.3 Å². The smallest absolute Gasteiger partial charge is 0.311 e. The van der Waals surface area contributed by atoms with Gasteiger partial charge in [-0.05, 0) is 19.3 Å². The SMILES string of the molecule is Cc1ccc(-c2cnc(CCC(=O)N3CCC(C(=O)O)(C(C)C)C3)o2)cc1. The summed E-state index contributed by atoms with van der Waals surface area (Å²) in [6.45, 7) is 6.60. The largest absolute Gasteiger partial charge is 0.481 e. The first kappa shape index (κ1) is 19.1. The lowest BCUT2D eigenvalue weighted by molar-refractivity contribution is -0.151. The number of benzene rings is 1. The van der Waals surface area contributed by atoms with Crippen molar-refractivity contribution in [1.82, 2.24) is 9.88 Å². The van der Waals surface area contributed by atoms with Crippen molar-refractivity contribution in [1.29, 1.82) is 0 Å². The molecule has 1 fully saturated rings. The van der Waals surface area contributed by atoms with Crippen LogP contribution in [0.2, 0.25) is 0 Å². The molecule has 0 aliphatic carbocycles. The van der Waals surface area contributed by atoms with Crippen molar-refractivity contribution in [3.05, 3.63) is 41.9 Å². The Morgan fingerprint density at radius 3 is 2.59 bits per heavy atom. The first-order chi connectivity index (χ1) is 12.8. The fourth-order valence-corrected chi connectivity index (χ4v) is 3.59. The predicted molar refractivity (Wildman–Crippen MR) is 101 cm³/mol. The van der Waals surface area contributed by atoms with E-state index < -0.39 is 11.4 Å². The van der Waals surface area contributed by atoms with Crippen LogP contribution in [0.25, 0.3) is 11.3 Å². The number of carboxylic acids is 1. The molecular formula is C21H26N2O4. The third kappa shape index (κ3) is 3.89. The van der Waals surface area contributed by atoms with Gasteiger partial charge in [0, 0.05) is 31.5 Å². The average molecular weight is 370 g/mol. The van der Waals surface area contributed by atoms with Gasteiger partial charge in [0.25, 0.3) is 0 Å². The summed E-state index contributed by atoms with van der Waals surface area (Å²) in [5.41, 5.74) is 1.29. The van der Waals surface area contributed by atoms with Gasteiger partial charge in [-0.25, -0.2) is 4.98 Å². The Bertz CT molecular complexity index is 825. The molecule has 1 aliphatic heterocycles. The molecule has 1 unspecified atom stereocenters. The molecule has 27 heavy (non-hydrogen) atoms. The second kappa shape index (κ2) is 7.55. The number of carbonyl (C=O) groups is 2. The number of hydrogen-bond acceptors (Lipinski definition) is 4. The number of carboxylic acid groups (broad SMARTS) is 1. The molecule has 2 aromatic rings. The predicted octanol–water partition coefficient (Wildman–Crippen LogP) is 3.54. The van der Waals surface area contributed by atoms with E-state index in [0.717, 1.165) is 5.56 Å². The number of aromatic nitrogens is 1. The number of oxazole rings is 1. The Kier molecular flexibility index (Phi) is 5.35. The molecule has 1 saturated heterocycles. The van der Waals surface area contributed by atoms with Gasteiger partial charge in [-0.1, -0.05) is 43.7 Å². The lowest BCUT2D eigenvalue weighted by atomic mass is 9.76. The van der Waals surface area contributed by atoms with Gasteiger partial charge >= 0.3 is 5.97 Å². The quantitative estimate of drug-likeness (QED) is 0.841. The van der Waals surface area contributed by atoms with Gasteiger partial charge in [-0.15, -0.1) is 0 Å². The summed E-state index contributed by atoms with van der Waals surface area (Å²) in [7, 11) is 0. The molecule has 1 amide bonds. The Morgan fingerprint density at radius 1 is 1.30 bits per heavy atom. The molecule has 144 valence electrons. The van der Waals surface area contributed by atoms with Crippen LogP contribution in [0.15, 0.2) is 34.9 Å². The fraction of sp³-hybridized carbons (Fsp3) is 0.476. The Hall–Kier alpha value is -2.63. The molecule has 0 bridgehead atoms. The standard InChI is InChI=1S/C21H26N2O4/c1-14(2)21(20(25)26)10-11-23(13-21)19(24)9-8-18-22-12-17(27-18)16-6-4-15(3)5-7-16/h4-7,12,14H,8-11,13H2,1-3H3,(H,25,26). The number of nitrogens with zero attached hydrogens (tertiary/aromatic N) is 2. The van der Waals surface area contributed by atoms with Gasteiger partial charge in [0.1, 0.15) is 0 Å². The molecule has 1 atom stereocenters. The van der Waals surface area contributed by atoms with Gasteiger partial charge < -0.3 is 14.4 Å². The first-order valence-corrected chi connectivity index (χ1v) is 9.35. The van der Waals surface area contributed by atoms with Crippen LogP contribution < -0.4 is 0 Å². The number of rotatable bonds is 6. The van der Waals surface area contributed by atoms with E-state index in [1.807, 2.05) is 45.0 Å². The third-order valence-corrected chi connectivity index (χ3v) is 5.63. The number of hydrogen-bond donors (Lipinski definition) is 1. The van der Waals surface area contributed by atoms with Crippen LogP contribution in [0.5, 0.6) is 0 Å². The van der Waals surface area contributed by atoms with Gasteiger partial charge in [0.2, 0.25) is 5.91 Å². The Balaban J connectivity index is 1.59. The lowest BCUT2D eigenvalue weighted by Gasteiger charge is -2.28. The molecule has 1 aromatic carbocycles. The van der Waals surface area contributed by atoms with Crippen LogP contribution >= 0.6 is 0 Å². The molecule has 0 radical (unpaired) electrons. The Morgan fingerprint density at radius 2 is 2.00 bits per heavy atom. The van der Waals surface area contributed by atoms with E-state index in [1.165, 1.54) is 5.56 Å². The van der Waals surface area contributed by atoms with E-state index in [0.29, 0.717) is 31.0 Å². The van der Waals surface area contributed by atoms with Gasteiger partial charge in [-0.3, -0.25) is 9.59 Å². The minimum atomic E-state index is -0.836. The minimum absolute atomic E-state index is 0.0170. The summed E-state index contributed by atoms with van der Waals surface area (Å²) >= 11 is 0. The maximum atomic E-state index is 12.5. The van der Waals surface area contributed by atoms with E-state index in [2.05, 4.69) is 4.98 Å². The summed E-state index contributed by atoms with van der Waals surface area (Å²) < 4.78 is 5.76. The van der Waals surface area contributed by atoms with Crippen molar-refractivity contribution >= 4 is 11.9 Å². The van der Waals surface area contributed by atoms with Crippen molar-refractivity contribution in [2.45, 2.75) is 40.0 Å². The van der Waals surface area contributed by atoms with E-state index >= 15 is 0 Å². The van der Waals surface area contributed by atoms with E-state index in [4.69, 9.17) is 4.42 Å². The summed E-state index contributed by atoms with van der Waals surface area (Å²) in [4.78, 5) is 30.2. The summed E-state index contributed by atoms with van der Waals surface area (Å²) in [6, 6.07) is 7.98. The second-order valence-electron chi connectivity index (χ2n) is 7.67. The molecule has 1 aromatic heterocycles. The number of carbonyl (C=O) groups excluding carboxylic acids is 1. The van der Waals surface area contributed by atoms with Crippen molar-refractivity contribution in [3.8, 4) is 11.3 Å². The van der Waals surface area contributed by atoms with Crippen LogP contribution in [-0.4, -0.2) is 40.0 Å². The number of likely N-dealkylation sites (tertiary alicyclic amines) is 1. The van der Waals surface area contributed by atoms with Crippen molar-refractivity contribution < 1.29 is 19.1 Å². The number of amides is 1. The van der Waals surface area contributed by atoms with Gasteiger partial charge in [-0.2, -0.15) is 0 Å². The zero-order valence-corrected chi connectivity index (χ0v) is 16.1. The lowest BCUT2D eigenvalue weighted by Crippen LogP contribution is -2.40. The maximum Gasteiger partial charge on any atom is 0.311 e. The van der Waals surface area contributed by atoms with Gasteiger partial charge in [0.15, 0.2) is 11.7 Å². The van der Waals surface area contributed by atoms with Crippen molar-refractivity contribution in [3.63, 3.8) is 0 Å². The Labute approximate surface area is 159 Å². The molecule has 0 spiro atoms. The second-order valence-corrected chi connectivity index (χ2v) is 7.67. The highest BCUT2D eigenvalue weighted by atomic mass is 16.4. The monoisotopic (exact) mass is 370 g/mol. The third-order valence-electron chi connectivity index (χ3n) is 5.63. The number of aliphatic carboxylic acids is 1. The fourth-order valence-electron chi connectivity index (χ4n) is 3.59. The molecule has 2 heterocycles. The van der Waals surface area contributed by atoms with Crippen LogP contribution in [0.1, 0.15) is 38.1 Å². The van der Waals surface area contributed by atoms with Crippen LogP contribution in [-0.2, 0) is 16.0 Å². The highest BCUT2D eigenvalue weighted by Gasteiger charge is 2.48. The van der Waals surface area contributed by atoms with Crippen LogP contribution in [0.3, 0.4) is 0 Å². The maximum absolute atomic E-state index is 12.5. The summed E-state index contributed by atoms with van der Waals surface area (Å²) in [5, 5.41) is 9.61. The number of aryl methyl sites for hydroxylation is 2. The first-order valence-electron chi connectivity index (χ1n) is 9.35. The molecule has 1 aliphatic rings. The minimum Gasteiger partial charge on any atom is -0.481 e.